The highest BCUT2D eigenvalue weighted by Crippen LogP contribution is 2.18. The van der Waals surface area contributed by atoms with Crippen molar-refractivity contribution < 1.29 is 0 Å². The molecule has 0 aliphatic carbocycles. The van der Waals surface area contributed by atoms with E-state index in [1.54, 1.807) is 11.8 Å². The first-order chi connectivity index (χ1) is 5.11. The van der Waals surface area contributed by atoms with Gasteiger partial charge in [0.25, 0.3) is 0 Å². The maximum Gasteiger partial charge on any atom is 0.214 e. The van der Waals surface area contributed by atoms with Gasteiger partial charge in [-0.1, -0.05) is 25.6 Å². The van der Waals surface area contributed by atoms with Crippen LogP contribution in [0.15, 0.2) is 5.16 Å². The Morgan fingerprint density at radius 2 is 2.36 bits per heavy atom. The molecule has 0 unspecified atom stereocenters. The van der Waals surface area contributed by atoms with E-state index in [0.29, 0.717) is 10.0 Å². The lowest BCUT2D eigenvalue weighted by atomic mass is 10.6. The molecule has 0 atom stereocenters. The van der Waals surface area contributed by atoms with Gasteiger partial charge in [0.05, 0.1) is 0 Å². The van der Waals surface area contributed by atoms with Crippen LogP contribution >= 0.6 is 24.0 Å². The van der Waals surface area contributed by atoms with Crippen molar-refractivity contribution in [3.63, 3.8) is 0 Å². The number of H-pyrrole nitrogens is 1. The molecule has 0 spiro atoms. The number of rotatable bonds is 2. The number of nitrogens with one attached hydrogen (secondary N) is 1. The first-order valence-electron chi connectivity index (χ1n) is 3.20. The van der Waals surface area contributed by atoms with Crippen LogP contribution in [-0.2, 0) is 0 Å². The predicted molar refractivity (Wildman–Crippen MR) is 48.6 cm³/mol. The van der Waals surface area contributed by atoms with Crippen molar-refractivity contribution in [2.45, 2.75) is 24.3 Å². The summed E-state index contributed by atoms with van der Waals surface area (Å²) in [5.41, 5.74) is 0. The highest BCUT2D eigenvalue weighted by molar-refractivity contribution is 7.99. The van der Waals surface area contributed by atoms with Gasteiger partial charge in [0.2, 0.25) is 9.93 Å². The Bertz CT molecular complexity index is 287. The van der Waals surface area contributed by atoms with Gasteiger partial charge in [0.15, 0.2) is 0 Å². The van der Waals surface area contributed by atoms with E-state index < -0.39 is 0 Å². The van der Waals surface area contributed by atoms with E-state index in [4.69, 9.17) is 18.1 Å². The summed E-state index contributed by atoms with van der Waals surface area (Å²) < 4.78 is 1.83. The van der Waals surface area contributed by atoms with Crippen molar-refractivity contribution in [3.05, 3.63) is 4.77 Å². The van der Waals surface area contributed by atoms with Gasteiger partial charge < -0.3 is 5.84 Å². The second-order valence-corrected chi connectivity index (χ2v) is 4.28. The molecule has 1 aromatic rings. The number of aromatic nitrogens is 3. The molecule has 0 aromatic carbocycles. The minimum Gasteiger partial charge on any atom is -0.335 e. The summed E-state index contributed by atoms with van der Waals surface area (Å²) in [6.45, 7) is 4.14. The van der Waals surface area contributed by atoms with Gasteiger partial charge in [0.1, 0.15) is 0 Å². The van der Waals surface area contributed by atoms with Gasteiger partial charge in [-0.25, -0.2) is 9.77 Å². The normalized spacial score (nSPS) is 10.8. The molecule has 1 aromatic heterocycles. The molecular weight excluding hydrogens is 180 g/mol. The molecule has 0 aliphatic rings. The maximum atomic E-state index is 5.55. The number of nitrogen functional groups attached to an aromatic ring is 1. The topological polar surface area (TPSA) is 59.6 Å². The average Bonchev–Trinajstić information content (AvgIpc) is 2.18. The van der Waals surface area contributed by atoms with Crippen LogP contribution in [0.5, 0.6) is 0 Å². The lowest BCUT2D eigenvalue weighted by molar-refractivity contribution is 0.835. The van der Waals surface area contributed by atoms with Crippen LogP contribution in [0.4, 0.5) is 0 Å². The zero-order valence-corrected chi connectivity index (χ0v) is 8.00. The number of aromatic amines is 1. The van der Waals surface area contributed by atoms with Crippen molar-refractivity contribution in [2.24, 2.45) is 0 Å². The van der Waals surface area contributed by atoms with Crippen molar-refractivity contribution in [1.29, 1.82) is 0 Å². The average molecular weight is 190 g/mol. The van der Waals surface area contributed by atoms with Crippen LogP contribution in [0.2, 0.25) is 0 Å². The van der Waals surface area contributed by atoms with Crippen LogP contribution < -0.4 is 5.84 Å². The summed E-state index contributed by atoms with van der Waals surface area (Å²) in [5, 5.41) is 7.74. The molecule has 6 heteroatoms. The molecule has 4 nitrogen and oxygen atoms in total. The van der Waals surface area contributed by atoms with Gasteiger partial charge in [-0.2, -0.15) is 0 Å². The monoisotopic (exact) mass is 190 g/mol. The lowest BCUT2D eigenvalue weighted by Gasteiger charge is -2.01. The zero-order chi connectivity index (χ0) is 8.43. The smallest absolute Gasteiger partial charge is 0.214 e. The van der Waals surface area contributed by atoms with E-state index in [9.17, 15) is 0 Å². The Labute approximate surface area is 74.1 Å². The summed E-state index contributed by atoms with van der Waals surface area (Å²) in [5.74, 6) is 5.55. The molecule has 0 saturated carbocycles. The number of hydrogen-bond acceptors (Lipinski definition) is 4. The van der Waals surface area contributed by atoms with E-state index in [2.05, 4.69) is 24.0 Å². The van der Waals surface area contributed by atoms with Crippen LogP contribution in [0.25, 0.3) is 0 Å². The largest absolute Gasteiger partial charge is 0.335 e. The van der Waals surface area contributed by atoms with Crippen LogP contribution in [0.1, 0.15) is 13.8 Å². The van der Waals surface area contributed by atoms with Gasteiger partial charge >= 0.3 is 0 Å². The number of nitrogens with zero attached hydrogens (tertiary/aromatic N) is 2. The SMILES string of the molecule is CC(C)Sc1n[nH]c(=S)n1N. The fourth-order valence-electron chi connectivity index (χ4n) is 0.584. The first-order valence-corrected chi connectivity index (χ1v) is 4.49. The molecule has 62 valence electrons. The van der Waals surface area contributed by atoms with Crippen molar-refractivity contribution in [3.8, 4) is 0 Å². The molecule has 0 radical (unpaired) electrons. The number of nitrogens with two attached hydrogens (primary N) is 1. The third-order valence-corrected chi connectivity index (χ3v) is 2.27. The quantitative estimate of drug-likeness (QED) is 0.417. The lowest BCUT2D eigenvalue weighted by Crippen LogP contribution is -2.10. The zero-order valence-electron chi connectivity index (χ0n) is 6.37. The Balaban J connectivity index is 2.87. The Morgan fingerprint density at radius 1 is 1.73 bits per heavy atom. The Morgan fingerprint density at radius 3 is 2.73 bits per heavy atom. The van der Waals surface area contributed by atoms with Gasteiger partial charge in [-0.15, -0.1) is 5.10 Å². The molecule has 1 heterocycles. The molecule has 0 aliphatic heterocycles. The van der Waals surface area contributed by atoms with Crippen molar-refractivity contribution >= 4 is 24.0 Å². The van der Waals surface area contributed by atoms with E-state index >= 15 is 0 Å². The minimum atomic E-state index is 0.452. The summed E-state index contributed by atoms with van der Waals surface area (Å²) in [4.78, 5) is 0. The fourth-order valence-corrected chi connectivity index (χ4v) is 1.50. The first kappa shape index (κ1) is 8.61. The Kier molecular flexibility index (Phi) is 2.56. The molecule has 0 saturated heterocycles. The fraction of sp³-hybridized carbons (Fsp3) is 0.600. The summed E-state index contributed by atoms with van der Waals surface area (Å²) in [6.07, 6.45) is 0. The summed E-state index contributed by atoms with van der Waals surface area (Å²) >= 11 is 6.41. The molecular formula is C5H10N4S2. The molecule has 0 fully saturated rings. The van der Waals surface area contributed by atoms with Gasteiger partial charge in [-0.3, -0.25) is 0 Å². The summed E-state index contributed by atoms with van der Waals surface area (Å²) in [6, 6.07) is 0. The molecule has 3 N–H and O–H groups in total. The van der Waals surface area contributed by atoms with Gasteiger partial charge in [-0.05, 0) is 12.2 Å². The summed E-state index contributed by atoms with van der Waals surface area (Å²) in [7, 11) is 0. The van der Waals surface area contributed by atoms with Crippen molar-refractivity contribution in [2.75, 3.05) is 5.84 Å². The third-order valence-electron chi connectivity index (χ3n) is 1.01. The number of hydrogen-bond donors (Lipinski definition) is 2. The highest BCUT2D eigenvalue weighted by Gasteiger charge is 2.04. The van der Waals surface area contributed by atoms with Gasteiger partial charge in [0, 0.05) is 5.25 Å². The highest BCUT2D eigenvalue weighted by atomic mass is 32.2. The minimum absolute atomic E-state index is 0.452. The van der Waals surface area contributed by atoms with Crippen LogP contribution in [-0.4, -0.2) is 20.1 Å². The van der Waals surface area contributed by atoms with Crippen LogP contribution in [0, 0.1) is 4.77 Å². The molecule has 0 bridgehead atoms. The second kappa shape index (κ2) is 3.27. The molecule has 1 rings (SSSR count). The van der Waals surface area contributed by atoms with Crippen molar-refractivity contribution in [1.82, 2.24) is 14.9 Å². The predicted octanol–water partition coefficient (Wildman–Crippen LogP) is 1.15. The third kappa shape index (κ3) is 1.97. The molecule has 0 amide bonds. The van der Waals surface area contributed by atoms with E-state index in [1.807, 2.05) is 0 Å². The van der Waals surface area contributed by atoms with E-state index in [1.165, 1.54) is 4.68 Å². The van der Waals surface area contributed by atoms with Crippen LogP contribution in [0.3, 0.4) is 0 Å². The maximum absolute atomic E-state index is 5.55. The molecule has 11 heavy (non-hydrogen) atoms. The Hall–Kier alpha value is -0.490. The van der Waals surface area contributed by atoms with E-state index in [0.717, 1.165) is 5.16 Å². The van der Waals surface area contributed by atoms with E-state index in [-0.39, 0.29) is 0 Å². The number of thioether (sulfide) groups is 1. The standard InChI is InChI=1S/C5H10N4S2/c1-3(2)11-5-8-7-4(10)9(5)6/h3H,6H2,1-2H3,(H,7,10). The second-order valence-electron chi connectivity index (χ2n) is 2.35.